The van der Waals surface area contributed by atoms with Gasteiger partial charge in [0.1, 0.15) is 23.9 Å². The van der Waals surface area contributed by atoms with E-state index < -0.39 is 0 Å². The van der Waals surface area contributed by atoms with E-state index in [1.54, 1.807) is 29.2 Å². The van der Waals surface area contributed by atoms with Crippen LogP contribution in [0.15, 0.2) is 60.9 Å². The third-order valence-corrected chi connectivity index (χ3v) is 4.62. The number of benzene rings is 2. The summed E-state index contributed by atoms with van der Waals surface area (Å²) < 4.78 is 0. The van der Waals surface area contributed by atoms with Gasteiger partial charge in [-0.25, -0.2) is 9.97 Å². The lowest BCUT2D eigenvalue weighted by atomic mass is 10.1. The standard InChI is InChI=1S/C21H17N5O/c1-14-10-15-6-3-5-9-19(15)26(14)21(27)18-11-20(24-13-23-18)25-17-8-4-2-7-16(17)12-22/h2-9,11,13-14H,10H2,1H3,(H,23,24,25). The Labute approximate surface area is 157 Å². The van der Waals surface area contributed by atoms with Crippen LogP contribution in [-0.4, -0.2) is 21.9 Å². The van der Waals surface area contributed by atoms with Gasteiger partial charge >= 0.3 is 0 Å². The molecule has 6 heteroatoms. The van der Waals surface area contributed by atoms with E-state index in [-0.39, 0.29) is 11.9 Å². The molecule has 0 spiro atoms. The van der Waals surface area contributed by atoms with E-state index in [1.165, 1.54) is 6.33 Å². The van der Waals surface area contributed by atoms with E-state index >= 15 is 0 Å². The van der Waals surface area contributed by atoms with E-state index in [0.717, 1.165) is 17.7 Å². The fraction of sp³-hybridized carbons (Fsp3) is 0.143. The number of nitriles is 1. The highest BCUT2D eigenvalue weighted by atomic mass is 16.2. The summed E-state index contributed by atoms with van der Waals surface area (Å²) in [5, 5.41) is 12.3. The highest BCUT2D eigenvalue weighted by Crippen LogP contribution is 2.33. The maximum atomic E-state index is 13.1. The zero-order chi connectivity index (χ0) is 18.8. The van der Waals surface area contributed by atoms with Crippen molar-refractivity contribution < 1.29 is 4.79 Å². The van der Waals surface area contributed by atoms with Gasteiger partial charge in [-0.15, -0.1) is 0 Å². The van der Waals surface area contributed by atoms with Crippen molar-refractivity contribution in [3.05, 3.63) is 77.7 Å². The molecule has 1 N–H and O–H groups in total. The van der Waals surface area contributed by atoms with Crippen molar-refractivity contribution in [1.82, 2.24) is 9.97 Å². The summed E-state index contributed by atoms with van der Waals surface area (Å²) in [6, 6.07) is 18.9. The Kier molecular flexibility index (Phi) is 4.27. The quantitative estimate of drug-likeness (QED) is 0.775. The van der Waals surface area contributed by atoms with E-state index in [4.69, 9.17) is 0 Å². The number of anilines is 3. The highest BCUT2D eigenvalue weighted by molar-refractivity contribution is 6.06. The first-order chi connectivity index (χ1) is 13.2. The molecule has 0 aliphatic carbocycles. The van der Waals surface area contributed by atoms with E-state index in [9.17, 15) is 10.1 Å². The summed E-state index contributed by atoms with van der Waals surface area (Å²) >= 11 is 0. The Balaban J connectivity index is 1.63. The molecule has 2 heterocycles. The number of para-hydroxylation sites is 2. The van der Waals surface area contributed by atoms with Gasteiger partial charge < -0.3 is 10.2 Å². The van der Waals surface area contributed by atoms with Crippen LogP contribution in [0.1, 0.15) is 28.5 Å². The first kappa shape index (κ1) is 16.7. The molecule has 132 valence electrons. The Morgan fingerprint density at radius 3 is 2.81 bits per heavy atom. The molecule has 1 aliphatic heterocycles. The van der Waals surface area contributed by atoms with Crippen LogP contribution in [0.4, 0.5) is 17.2 Å². The molecule has 0 bridgehead atoms. The second kappa shape index (κ2) is 6.89. The fourth-order valence-corrected chi connectivity index (χ4v) is 3.37. The van der Waals surface area contributed by atoms with E-state index in [0.29, 0.717) is 22.8 Å². The smallest absolute Gasteiger partial charge is 0.277 e. The number of hydrogen-bond acceptors (Lipinski definition) is 5. The van der Waals surface area contributed by atoms with Gasteiger partial charge in [0.05, 0.1) is 11.3 Å². The number of aromatic nitrogens is 2. The van der Waals surface area contributed by atoms with Crippen molar-refractivity contribution in [2.75, 3.05) is 10.2 Å². The molecule has 1 aliphatic rings. The van der Waals surface area contributed by atoms with Gasteiger partial charge in [0.15, 0.2) is 0 Å². The summed E-state index contributed by atoms with van der Waals surface area (Å²) in [5.41, 5.74) is 3.54. The Morgan fingerprint density at radius 2 is 1.96 bits per heavy atom. The van der Waals surface area contributed by atoms with Crippen LogP contribution in [-0.2, 0) is 6.42 Å². The molecule has 3 aromatic rings. The second-order valence-electron chi connectivity index (χ2n) is 6.43. The van der Waals surface area contributed by atoms with Crippen molar-refractivity contribution in [3.8, 4) is 6.07 Å². The third kappa shape index (κ3) is 3.11. The second-order valence-corrected chi connectivity index (χ2v) is 6.43. The molecule has 0 saturated carbocycles. The maximum absolute atomic E-state index is 13.1. The van der Waals surface area contributed by atoms with Gasteiger partial charge in [-0.3, -0.25) is 4.79 Å². The summed E-state index contributed by atoms with van der Waals surface area (Å²) in [6.07, 6.45) is 2.19. The predicted molar refractivity (Wildman–Crippen MR) is 103 cm³/mol. The number of nitrogens with zero attached hydrogens (tertiary/aromatic N) is 4. The molecule has 0 radical (unpaired) electrons. The summed E-state index contributed by atoms with van der Waals surface area (Å²) in [4.78, 5) is 23.2. The largest absolute Gasteiger partial charge is 0.339 e. The number of carbonyl (C=O) groups excluding carboxylic acids is 1. The number of amides is 1. The van der Waals surface area contributed by atoms with Gasteiger partial charge in [-0.2, -0.15) is 5.26 Å². The van der Waals surface area contributed by atoms with Gasteiger partial charge in [0.25, 0.3) is 5.91 Å². The fourth-order valence-electron chi connectivity index (χ4n) is 3.37. The minimum absolute atomic E-state index is 0.0700. The van der Waals surface area contributed by atoms with Gasteiger partial charge in [0, 0.05) is 17.8 Å². The van der Waals surface area contributed by atoms with Crippen LogP contribution in [0.2, 0.25) is 0 Å². The number of rotatable bonds is 3. The molecular weight excluding hydrogens is 338 g/mol. The van der Waals surface area contributed by atoms with Gasteiger partial charge in [-0.1, -0.05) is 30.3 Å². The van der Waals surface area contributed by atoms with Crippen LogP contribution in [0.3, 0.4) is 0 Å². The molecule has 0 fully saturated rings. The Hall–Kier alpha value is -3.72. The predicted octanol–water partition coefficient (Wildman–Crippen LogP) is 3.68. The van der Waals surface area contributed by atoms with E-state index in [2.05, 4.69) is 21.4 Å². The minimum Gasteiger partial charge on any atom is -0.339 e. The molecule has 1 atom stereocenters. The van der Waals surface area contributed by atoms with Crippen LogP contribution in [0.5, 0.6) is 0 Å². The zero-order valence-electron chi connectivity index (χ0n) is 14.8. The van der Waals surface area contributed by atoms with Crippen molar-refractivity contribution in [3.63, 3.8) is 0 Å². The van der Waals surface area contributed by atoms with Crippen molar-refractivity contribution in [2.24, 2.45) is 0 Å². The molecule has 4 rings (SSSR count). The van der Waals surface area contributed by atoms with E-state index in [1.807, 2.05) is 37.3 Å². The van der Waals surface area contributed by atoms with Crippen molar-refractivity contribution in [2.45, 2.75) is 19.4 Å². The first-order valence-corrected chi connectivity index (χ1v) is 8.67. The van der Waals surface area contributed by atoms with Crippen LogP contribution in [0.25, 0.3) is 0 Å². The van der Waals surface area contributed by atoms with Gasteiger partial charge in [-0.05, 0) is 37.1 Å². The molecule has 1 unspecified atom stereocenters. The monoisotopic (exact) mass is 355 g/mol. The number of carbonyl (C=O) groups is 1. The highest BCUT2D eigenvalue weighted by Gasteiger charge is 2.32. The minimum atomic E-state index is -0.161. The lowest BCUT2D eigenvalue weighted by molar-refractivity contribution is 0.0976. The average molecular weight is 355 g/mol. The molecule has 1 amide bonds. The Bertz CT molecular complexity index is 1060. The molecule has 1 aromatic heterocycles. The molecule has 27 heavy (non-hydrogen) atoms. The molecule has 6 nitrogen and oxygen atoms in total. The van der Waals surface area contributed by atoms with Gasteiger partial charge in [0.2, 0.25) is 0 Å². The summed E-state index contributed by atoms with van der Waals surface area (Å²) in [5.74, 6) is 0.308. The average Bonchev–Trinajstić information content (AvgIpc) is 3.03. The van der Waals surface area contributed by atoms with Crippen molar-refractivity contribution in [1.29, 1.82) is 5.26 Å². The normalized spacial score (nSPS) is 15.1. The lowest BCUT2D eigenvalue weighted by Crippen LogP contribution is -2.36. The Morgan fingerprint density at radius 1 is 1.19 bits per heavy atom. The van der Waals surface area contributed by atoms with Crippen LogP contribution >= 0.6 is 0 Å². The third-order valence-electron chi connectivity index (χ3n) is 4.62. The maximum Gasteiger partial charge on any atom is 0.277 e. The zero-order valence-corrected chi connectivity index (χ0v) is 14.8. The number of nitrogens with one attached hydrogen (secondary N) is 1. The topological polar surface area (TPSA) is 81.9 Å². The summed E-state index contributed by atoms with van der Waals surface area (Å²) in [6.45, 7) is 2.03. The summed E-state index contributed by atoms with van der Waals surface area (Å²) in [7, 11) is 0. The molecular formula is C21H17N5O. The van der Waals surface area contributed by atoms with Crippen molar-refractivity contribution >= 4 is 23.1 Å². The first-order valence-electron chi connectivity index (χ1n) is 8.67. The lowest BCUT2D eigenvalue weighted by Gasteiger charge is -2.22. The number of fused-ring (bicyclic) bond motifs is 1. The van der Waals surface area contributed by atoms with Crippen LogP contribution < -0.4 is 10.2 Å². The molecule has 2 aromatic carbocycles. The van der Waals surface area contributed by atoms with Crippen LogP contribution in [0, 0.1) is 11.3 Å². The number of hydrogen-bond donors (Lipinski definition) is 1. The SMILES string of the molecule is CC1Cc2ccccc2N1C(=O)c1cc(Nc2ccccc2C#N)ncn1. The molecule has 0 saturated heterocycles.